The van der Waals surface area contributed by atoms with Crippen molar-refractivity contribution >= 4 is 49.1 Å². The Kier molecular flexibility index (Phi) is 6.95. The maximum atomic E-state index is 12.7. The van der Waals surface area contributed by atoms with Crippen molar-refractivity contribution in [3.05, 3.63) is 69.6 Å². The molecule has 1 heterocycles. The molecule has 0 aliphatic rings. The van der Waals surface area contributed by atoms with Crippen LogP contribution in [0.2, 0.25) is 0 Å². The van der Waals surface area contributed by atoms with Crippen molar-refractivity contribution in [1.82, 2.24) is 9.97 Å². The number of aromatic nitrogens is 2. The molecule has 30 heavy (non-hydrogen) atoms. The third kappa shape index (κ3) is 5.29. The van der Waals surface area contributed by atoms with E-state index in [-0.39, 0.29) is 21.7 Å². The predicted molar refractivity (Wildman–Crippen MR) is 117 cm³/mol. The van der Waals surface area contributed by atoms with Crippen LogP contribution in [0.25, 0.3) is 0 Å². The summed E-state index contributed by atoms with van der Waals surface area (Å²) in [5.74, 6) is 0.192. The lowest BCUT2D eigenvalue weighted by Gasteiger charge is -2.07. The first-order chi connectivity index (χ1) is 14.3. The van der Waals surface area contributed by atoms with Crippen LogP contribution in [-0.2, 0) is 14.6 Å². The molecule has 1 amide bonds. The SMILES string of the molecule is COc1ccc(S(=O)(=O)c2cnc(SCC(=O)Nc3ccc(Br)cc3)[nH]c2=O)cc1. The van der Waals surface area contributed by atoms with E-state index in [0.717, 1.165) is 22.4 Å². The third-order valence-corrected chi connectivity index (χ3v) is 7.05. The molecule has 2 N–H and O–H groups in total. The Bertz CT molecular complexity index is 1210. The number of H-pyrrole nitrogens is 1. The summed E-state index contributed by atoms with van der Waals surface area (Å²) in [6.07, 6.45) is 0.993. The van der Waals surface area contributed by atoms with Gasteiger partial charge in [-0.05, 0) is 48.5 Å². The van der Waals surface area contributed by atoms with Crippen molar-refractivity contribution in [1.29, 1.82) is 0 Å². The van der Waals surface area contributed by atoms with E-state index in [9.17, 15) is 18.0 Å². The number of thioether (sulfide) groups is 1. The van der Waals surface area contributed by atoms with Gasteiger partial charge in [-0.1, -0.05) is 27.7 Å². The molecule has 0 saturated heterocycles. The van der Waals surface area contributed by atoms with Crippen molar-refractivity contribution in [2.75, 3.05) is 18.2 Å². The van der Waals surface area contributed by atoms with Gasteiger partial charge in [0.05, 0.1) is 24.0 Å². The summed E-state index contributed by atoms with van der Waals surface area (Å²) in [5, 5.41) is 2.85. The number of carbonyl (C=O) groups is 1. The fraction of sp³-hybridized carbons (Fsp3) is 0.105. The van der Waals surface area contributed by atoms with Crippen LogP contribution in [-0.4, -0.2) is 37.2 Å². The first-order valence-corrected chi connectivity index (χ1v) is 11.7. The largest absolute Gasteiger partial charge is 0.497 e. The zero-order valence-electron chi connectivity index (χ0n) is 15.6. The van der Waals surface area contributed by atoms with Gasteiger partial charge in [0.15, 0.2) is 10.1 Å². The van der Waals surface area contributed by atoms with Crippen LogP contribution >= 0.6 is 27.7 Å². The average molecular weight is 510 g/mol. The Morgan fingerprint density at radius 3 is 2.43 bits per heavy atom. The number of amides is 1. The van der Waals surface area contributed by atoms with Crippen molar-refractivity contribution < 1.29 is 17.9 Å². The summed E-state index contributed by atoms with van der Waals surface area (Å²) in [7, 11) is -2.58. The van der Waals surface area contributed by atoms with E-state index >= 15 is 0 Å². The maximum Gasteiger partial charge on any atom is 0.270 e. The van der Waals surface area contributed by atoms with Gasteiger partial charge in [-0.15, -0.1) is 0 Å². The molecule has 0 saturated carbocycles. The van der Waals surface area contributed by atoms with Gasteiger partial charge < -0.3 is 15.0 Å². The first-order valence-electron chi connectivity index (χ1n) is 8.46. The molecule has 156 valence electrons. The van der Waals surface area contributed by atoms with Crippen LogP contribution < -0.4 is 15.6 Å². The first kappa shape index (κ1) is 22.1. The normalized spacial score (nSPS) is 11.1. The topological polar surface area (TPSA) is 118 Å². The van der Waals surface area contributed by atoms with E-state index in [0.29, 0.717) is 11.4 Å². The second kappa shape index (κ2) is 9.45. The van der Waals surface area contributed by atoms with Gasteiger partial charge in [-0.2, -0.15) is 0 Å². The summed E-state index contributed by atoms with van der Waals surface area (Å²) >= 11 is 4.30. The Morgan fingerprint density at radius 2 is 1.83 bits per heavy atom. The number of anilines is 1. The van der Waals surface area contributed by atoms with Crippen LogP contribution in [0.3, 0.4) is 0 Å². The molecule has 8 nitrogen and oxygen atoms in total. The minimum atomic E-state index is -4.04. The number of hydrogen-bond acceptors (Lipinski definition) is 7. The van der Waals surface area contributed by atoms with Gasteiger partial charge in [0.2, 0.25) is 15.7 Å². The van der Waals surface area contributed by atoms with Crippen molar-refractivity contribution in [2.45, 2.75) is 14.9 Å². The number of sulfone groups is 1. The quantitative estimate of drug-likeness (QED) is 0.371. The lowest BCUT2D eigenvalue weighted by molar-refractivity contribution is -0.113. The van der Waals surface area contributed by atoms with E-state index in [2.05, 4.69) is 31.2 Å². The van der Waals surface area contributed by atoms with E-state index in [1.807, 2.05) is 0 Å². The highest BCUT2D eigenvalue weighted by molar-refractivity contribution is 9.10. The van der Waals surface area contributed by atoms with E-state index in [4.69, 9.17) is 4.74 Å². The lowest BCUT2D eigenvalue weighted by Crippen LogP contribution is -2.20. The average Bonchev–Trinajstić information content (AvgIpc) is 2.74. The number of methoxy groups -OCH3 is 1. The molecule has 0 atom stereocenters. The fourth-order valence-electron chi connectivity index (χ4n) is 2.38. The third-order valence-electron chi connectivity index (χ3n) is 3.87. The number of carbonyl (C=O) groups excluding carboxylic acids is 1. The highest BCUT2D eigenvalue weighted by Gasteiger charge is 2.22. The monoisotopic (exact) mass is 509 g/mol. The Morgan fingerprint density at radius 1 is 1.17 bits per heavy atom. The number of rotatable bonds is 7. The lowest BCUT2D eigenvalue weighted by atomic mass is 10.3. The molecule has 0 aliphatic carbocycles. The van der Waals surface area contributed by atoms with Gasteiger partial charge in [-0.25, -0.2) is 13.4 Å². The van der Waals surface area contributed by atoms with Gasteiger partial charge >= 0.3 is 0 Å². The van der Waals surface area contributed by atoms with E-state index in [1.165, 1.54) is 31.4 Å². The summed E-state index contributed by atoms with van der Waals surface area (Å²) in [4.78, 5) is 30.2. The molecule has 2 aromatic carbocycles. The molecule has 3 rings (SSSR count). The zero-order chi connectivity index (χ0) is 21.7. The number of hydrogen-bond donors (Lipinski definition) is 2. The van der Waals surface area contributed by atoms with Crippen LogP contribution in [0.1, 0.15) is 0 Å². The Balaban J connectivity index is 1.69. The minimum Gasteiger partial charge on any atom is -0.497 e. The number of aromatic amines is 1. The fourth-order valence-corrected chi connectivity index (χ4v) is 4.51. The maximum absolute atomic E-state index is 12.7. The van der Waals surface area contributed by atoms with Crippen LogP contribution in [0.15, 0.2) is 78.9 Å². The summed E-state index contributed by atoms with van der Waals surface area (Å²) < 4.78 is 31.3. The van der Waals surface area contributed by atoms with Crippen LogP contribution in [0.5, 0.6) is 5.75 Å². The summed E-state index contributed by atoms with van der Waals surface area (Å²) in [6.45, 7) is 0. The van der Waals surface area contributed by atoms with Gasteiger partial charge in [0.1, 0.15) is 5.75 Å². The number of halogens is 1. The van der Waals surface area contributed by atoms with Gasteiger partial charge in [0.25, 0.3) is 5.56 Å². The van der Waals surface area contributed by atoms with Gasteiger partial charge in [-0.3, -0.25) is 9.59 Å². The zero-order valence-corrected chi connectivity index (χ0v) is 18.8. The predicted octanol–water partition coefficient (Wildman–Crippen LogP) is 3.10. The number of benzene rings is 2. The number of nitrogens with zero attached hydrogens (tertiary/aromatic N) is 1. The number of ether oxygens (including phenoxy) is 1. The highest BCUT2D eigenvalue weighted by atomic mass is 79.9. The minimum absolute atomic E-state index is 0.0103. The molecule has 0 fully saturated rings. The smallest absolute Gasteiger partial charge is 0.270 e. The second-order valence-electron chi connectivity index (χ2n) is 5.90. The second-order valence-corrected chi connectivity index (χ2v) is 9.70. The molecule has 0 bridgehead atoms. The molecule has 0 spiro atoms. The van der Waals surface area contributed by atoms with Crippen LogP contribution in [0.4, 0.5) is 5.69 Å². The van der Waals surface area contributed by atoms with Crippen molar-refractivity contribution in [2.24, 2.45) is 0 Å². The van der Waals surface area contributed by atoms with Gasteiger partial charge in [0, 0.05) is 10.2 Å². The highest BCUT2D eigenvalue weighted by Crippen LogP contribution is 2.21. The standard InChI is InChI=1S/C19H16BrN3O5S2/c1-28-14-6-8-15(9-7-14)30(26,27)16-10-21-19(23-18(16)25)29-11-17(24)22-13-4-2-12(20)3-5-13/h2-10H,11H2,1H3,(H,22,24)(H,21,23,25). The molecule has 3 aromatic rings. The summed E-state index contributed by atoms with van der Waals surface area (Å²) in [6, 6.07) is 12.8. The Labute approximate surface area is 185 Å². The molecular formula is C19H16BrN3O5S2. The van der Waals surface area contributed by atoms with Crippen molar-refractivity contribution in [3.63, 3.8) is 0 Å². The number of nitrogens with one attached hydrogen (secondary N) is 2. The Hall–Kier alpha value is -2.63. The molecule has 1 aromatic heterocycles. The summed E-state index contributed by atoms with van der Waals surface area (Å²) in [5.41, 5.74) is -0.178. The molecule has 0 unspecified atom stereocenters. The molecule has 11 heteroatoms. The van der Waals surface area contributed by atoms with E-state index < -0.39 is 20.3 Å². The van der Waals surface area contributed by atoms with E-state index in [1.54, 1.807) is 24.3 Å². The molecular weight excluding hydrogens is 494 g/mol. The molecule has 0 radical (unpaired) electrons. The van der Waals surface area contributed by atoms with Crippen molar-refractivity contribution in [3.8, 4) is 5.75 Å². The van der Waals surface area contributed by atoms with Crippen LogP contribution in [0, 0.1) is 0 Å². The molecule has 0 aliphatic heterocycles.